The number of hydrogen-bond donors (Lipinski definition) is 2. The van der Waals surface area contributed by atoms with E-state index in [2.05, 4.69) is 5.32 Å². The van der Waals surface area contributed by atoms with E-state index in [0.717, 1.165) is 18.4 Å². The van der Waals surface area contributed by atoms with Crippen molar-refractivity contribution in [1.29, 1.82) is 0 Å². The topological polar surface area (TPSA) is 55.1 Å². The molecule has 0 saturated heterocycles. The summed E-state index contributed by atoms with van der Waals surface area (Å²) in [6.07, 6.45) is 3.68. The molecule has 0 bridgehead atoms. The van der Waals surface area contributed by atoms with Gasteiger partial charge in [-0.15, -0.1) is 0 Å². The molecule has 1 aliphatic rings. The molecule has 1 fully saturated rings. The Morgan fingerprint density at radius 2 is 2.24 bits per heavy atom. The van der Waals surface area contributed by atoms with Crippen LogP contribution in [0.15, 0.2) is 24.3 Å². The van der Waals surface area contributed by atoms with Crippen LogP contribution in [0, 0.1) is 6.92 Å². The Kier molecular flexibility index (Phi) is 3.48. The fraction of sp³-hybridized carbons (Fsp3) is 0.500. The molecule has 3 nitrogen and oxygen atoms in total. The molecule has 3 heteroatoms. The third-order valence-electron chi connectivity index (χ3n) is 3.43. The van der Waals surface area contributed by atoms with Gasteiger partial charge in [0.2, 0.25) is 5.91 Å². The Balaban J connectivity index is 1.81. The predicted octanol–water partition coefficient (Wildman–Crippen LogP) is 1.54. The Labute approximate surface area is 102 Å². The van der Waals surface area contributed by atoms with Crippen molar-refractivity contribution in [3.8, 4) is 0 Å². The Bertz CT molecular complexity index is 410. The first-order valence-electron chi connectivity index (χ1n) is 6.19. The van der Waals surface area contributed by atoms with E-state index < -0.39 is 0 Å². The molecule has 1 saturated carbocycles. The van der Waals surface area contributed by atoms with E-state index in [1.807, 2.05) is 31.2 Å². The Hall–Kier alpha value is -1.35. The minimum atomic E-state index is -0.137. The smallest absolute Gasteiger partial charge is 0.224 e. The quantitative estimate of drug-likeness (QED) is 0.827. The van der Waals surface area contributed by atoms with Crippen molar-refractivity contribution < 1.29 is 4.79 Å². The first kappa shape index (κ1) is 12.1. The van der Waals surface area contributed by atoms with E-state index >= 15 is 0 Å². The van der Waals surface area contributed by atoms with Crippen LogP contribution in [0.25, 0.3) is 0 Å². The van der Waals surface area contributed by atoms with Crippen LogP contribution in [0.5, 0.6) is 0 Å². The lowest BCUT2D eigenvalue weighted by molar-refractivity contribution is -0.120. The van der Waals surface area contributed by atoms with Crippen molar-refractivity contribution in [2.24, 2.45) is 5.73 Å². The van der Waals surface area contributed by atoms with Gasteiger partial charge in [-0.05, 0) is 31.7 Å². The zero-order valence-electron chi connectivity index (χ0n) is 10.3. The van der Waals surface area contributed by atoms with Crippen LogP contribution >= 0.6 is 0 Å². The molecule has 1 aromatic carbocycles. The lowest BCUT2D eigenvalue weighted by Crippen LogP contribution is -2.55. The highest BCUT2D eigenvalue weighted by molar-refractivity contribution is 5.78. The summed E-state index contributed by atoms with van der Waals surface area (Å²) < 4.78 is 0. The number of rotatable bonds is 4. The number of amides is 1. The molecule has 92 valence electrons. The van der Waals surface area contributed by atoms with Gasteiger partial charge in [0.1, 0.15) is 0 Å². The van der Waals surface area contributed by atoms with Gasteiger partial charge in [0.05, 0.1) is 6.42 Å². The van der Waals surface area contributed by atoms with Crippen molar-refractivity contribution in [2.45, 2.75) is 38.1 Å². The summed E-state index contributed by atoms with van der Waals surface area (Å²) in [4.78, 5) is 11.7. The fourth-order valence-electron chi connectivity index (χ4n) is 2.15. The molecule has 0 heterocycles. The molecule has 2 rings (SSSR count). The number of carbonyl (C=O) groups excluding carboxylic acids is 1. The number of aryl methyl sites for hydroxylation is 1. The van der Waals surface area contributed by atoms with E-state index in [-0.39, 0.29) is 11.4 Å². The molecule has 0 radical (unpaired) electrons. The molecule has 0 aliphatic heterocycles. The second kappa shape index (κ2) is 4.88. The monoisotopic (exact) mass is 232 g/mol. The second-order valence-corrected chi connectivity index (χ2v) is 5.16. The van der Waals surface area contributed by atoms with Crippen molar-refractivity contribution >= 4 is 5.91 Å². The van der Waals surface area contributed by atoms with Crippen molar-refractivity contribution in [3.63, 3.8) is 0 Å². The average molecular weight is 232 g/mol. The van der Waals surface area contributed by atoms with Crippen LogP contribution in [0.4, 0.5) is 0 Å². The van der Waals surface area contributed by atoms with Crippen molar-refractivity contribution in [1.82, 2.24) is 5.32 Å². The molecule has 17 heavy (non-hydrogen) atoms. The third kappa shape index (κ3) is 3.30. The molecule has 3 N–H and O–H groups in total. The van der Waals surface area contributed by atoms with Gasteiger partial charge in [-0.3, -0.25) is 4.79 Å². The zero-order valence-corrected chi connectivity index (χ0v) is 10.3. The standard InChI is InChI=1S/C14H20N2O/c1-11-4-2-5-12(8-11)9-13(17)16-10-14(15)6-3-7-14/h2,4-5,8H,3,6-7,9-10,15H2,1H3,(H,16,17). The zero-order chi connectivity index (χ0) is 12.3. The minimum absolute atomic E-state index is 0.0623. The third-order valence-corrected chi connectivity index (χ3v) is 3.43. The average Bonchev–Trinajstić information content (AvgIpc) is 2.24. The summed E-state index contributed by atoms with van der Waals surface area (Å²) in [5.74, 6) is 0.0623. The van der Waals surface area contributed by atoms with Crippen LogP contribution in [0.3, 0.4) is 0 Å². The summed E-state index contributed by atoms with van der Waals surface area (Å²) in [5.41, 5.74) is 8.16. The van der Waals surface area contributed by atoms with Gasteiger partial charge >= 0.3 is 0 Å². The van der Waals surface area contributed by atoms with E-state index in [9.17, 15) is 4.79 Å². The lowest BCUT2D eigenvalue weighted by atomic mass is 9.78. The van der Waals surface area contributed by atoms with Crippen LogP contribution in [0.2, 0.25) is 0 Å². The van der Waals surface area contributed by atoms with E-state index in [1.54, 1.807) is 0 Å². The maximum absolute atomic E-state index is 11.7. The van der Waals surface area contributed by atoms with Crippen LogP contribution < -0.4 is 11.1 Å². The van der Waals surface area contributed by atoms with E-state index in [4.69, 9.17) is 5.73 Å². The fourth-order valence-corrected chi connectivity index (χ4v) is 2.15. The number of hydrogen-bond acceptors (Lipinski definition) is 2. The number of benzene rings is 1. The maximum Gasteiger partial charge on any atom is 0.224 e. The van der Waals surface area contributed by atoms with Gasteiger partial charge in [0.15, 0.2) is 0 Å². The van der Waals surface area contributed by atoms with Crippen LogP contribution in [-0.2, 0) is 11.2 Å². The predicted molar refractivity (Wildman–Crippen MR) is 68.7 cm³/mol. The molecule has 1 aliphatic carbocycles. The molecule has 0 atom stereocenters. The molecule has 1 amide bonds. The van der Waals surface area contributed by atoms with Crippen molar-refractivity contribution in [2.75, 3.05) is 6.54 Å². The number of nitrogens with one attached hydrogen (secondary N) is 1. The highest BCUT2D eigenvalue weighted by Gasteiger charge is 2.32. The first-order valence-corrected chi connectivity index (χ1v) is 6.19. The molecule has 0 spiro atoms. The second-order valence-electron chi connectivity index (χ2n) is 5.16. The van der Waals surface area contributed by atoms with E-state index in [0.29, 0.717) is 13.0 Å². The van der Waals surface area contributed by atoms with Gasteiger partial charge in [-0.25, -0.2) is 0 Å². The van der Waals surface area contributed by atoms with Crippen molar-refractivity contribution in [3.05, 3.63) is 35.4 Å². The van der Waals surface area contributed by atoms with Crippen LogP contribution in [-0.4, -0.2) is 18.0 Å². The number of carbonyl (C=O) groups is 1. The summed E-state index contributed by atoms with van der Waals surface area (Å²) in [7, 11) is 0. The summed E-state index contributed by atoms with van der Waals surface area (Å²) in [6.45, 7) is 2.64. The van der Waals surface area contributed by atoms with Gasteiger partial charge in [-0.1, -0.05) is 29.8 Å². The highest BCUT2D eigenvalue weighted by Crippen LogP contribution is 2.27. The van der Waals surface area contributed by atoms with Gasteiger partial charge in [-0.2, -0.15) is 0 Å². The summed E-state index contributed by atoms with van der Waals surface area (Å²) in [6, 6.07) is 8.04. The first-order chi connectivity index (χ1) is 8.07. The number of nitrogens with two attached hydrogens (primary N) is 1. The highest BCUT2D eigenvalue weighted by atomic mass is 16.1. The Morgan fingerprint density at radius 1 is 1.47 bits per heavy atom. The molecule has 1 aromatic rings. The van der Waals surface area contributed by atoms with Gasteiger partial charge in [0.25, 0.3) is 0 Å². The molecule has 0 unspecified atom stereocenters. The SMILES string of the molecule is Cc1cccc(CC(=O)NCC2(N)CCC2)c1. The summed E-state index contributed by atoms with van der Waals surface area (Å²) >= 11 is 0. The minimum Gasteiger partial charge on any atom is -0.354 e. The molecular weight excluding hydrogens is 212 g/mol. The molecular formula is C14H20N2O. The largest absolute Gasteiger partial charge is 0.354 e. The normalized spacial score (nSPS) is 17.3. The van der Waals surface area contributed by atoms with Crippen LogP contribution in [0.1, 0.15) is 30.4 Å². The van der Waals surface area contributed by atoms with Gasteiger partial charge in [0, 0.05) is 12.1 Å². The van der Waals surface area contributed by atoms with E-state index in [1.165, 1.54) is 12.0 Å². The molecule has 0 aromatic heterocycles. The van der Waals surface area contributed by atoms with Gasteiger partial charge < -0.3 is 11.1 Å². The Morgan fingerprint density at radius 3 is 2.82 bits per heavy atom. The maximum atomic E-state index is 11.7. The summed E-state index contributed by atoms with van der Waals surface area (Å²) in [5, 5.41) is 2.93. The lowest BCUT2D eigenvalue weighted by Gasteiger charge is -2.38.